The average Bonchev–Trinajstić information content (AvgIpc) is 3.06. The zero-order valence-electron chi connectivity index (χ0n) is 15.5. The van der Waals surface area contributed by atoms with Crippen molar-refractivity contribution in [1.29, 1.82) is 0 Å². The fraction of sp³-hybridized carbons (Fsp3) is 0.125. The molecule has 5 heteroatoms. The Morgan fingerprint density at radius 2 is 1.69 bits per heavy atom. The number of hydrogen-bond donors (Lipinski definition) is 2. The van der Waals surface area contributed by atoms with Crippen molar-refractivity contribution in [1.82, 2.24) is 5.32 Å². The molecule has 0 spiro atoms. The average molecular weight is 387 g/mol. The van der Waals surface area contributed by atoms with E-state index in [1.807, 2.05) is 24.3 Å². The molecule has 1 aliphatic rings. The van der Waals surface area contributed by atoms with Gasteiger partial charge in [0.25, 0.3) is 0 Å². The highest BCUT2D eigenvalue weighted by Crippen LogP contribution is 2.44. The van der Waals surface area contributed by atoms with Crippen molar-refractivity contribution in [2.45, 2.75) is 5.92 Å². The van der Waals surface area contributed by atoms with Crippen LogP contribution in [0.4, 0.5) is 9.18 Å². The van der Waals surface area contributed by atoms with Crippen LogP contribution >= 0.6 is 0 Å². The number of alkyl carbamates (subject to hydrolysis) is 1. The second kappa shape index (κ2) is 8.07. The SMILES string of the molecule is O=C(NCC#Cc1ccc(O)c(F)c1)OCC1c2ccccc2-c2ccccc21. The molecule has 4 nitrogen and oxygen atoms in total. The maximum Gasteiger partial charge on any atom is 0.407 e. The van der Waals surface area contributed by atoms with E-state index in [1.54, 1.807) is 0 Å². The third-order valence-corrected chi connectivity index (χ3v) is 4.85. The monoisotopic (exact) mass is 387 g/mol. The second-order valence-corrected chi connectivity index (χ2v) is 6.65. The number of fused-ring (bicyclic) bond motifs is 3. The van der Waals surface area contributed by atoms with E-state index < -0.39 is 17.7 Å². The number of halogens is 1. The van der Waals surface area contributed by atoms with Gasteiger partial charge in [-0.15, -0.1) is 0 Å². The lowest BCUT2D eigenvalue weighted by Gasteiger charge is -2.14. The highest BCUT2D eigenvalue weighted by Gasteiger charge is 2.28. The second-order valence-electron chi connectivity index (χ2n) is 6.65. The zero-order valence-corrected chi connectivity index (χ0v) is 15.5. The molecule has 0 saturated carbocycles. The Bertz CT molecular complexity index is 1080. The number of aromatic hydroxyl groups is 1. The van der Waals surface area contributed by atoms with Crippen LogP contribution in [0.5, 0.6) is 5.75 Å². The van der Waals surface area contributed by atoms with Gasteiger partial charge in [0.15, 0.2) is 11.6 Å². The first-order chi connectivity index (χ1) is 14.1. The van der Waals surface area contributed by atoms with E-state index in [0.717, 1.165) is 17.2 Å². The number of carbonyl (C=O) groups is 1. The van der Waals surface area contributed by atoms with Crippen LogP contribution in [0.3, 0.4) is 0 Å². The lowest BCUT2D eigenvalue weighted by Crippen LogP contribution is -2.26. The predicted octanol–water partition coefficient (Wildman–Crippen LogP) is 4.42. The van der Waals surface area contributed by atoms with E-state index in [2.05, 4.69) is 41.4 Å². The largest absolute Gasteiger partial charge is 0.505 e. The standard InChI is InChI=1S/C24H18FNO3/c25-22-14-16(11-12-23(22)27)6-5-13-26-24(28)29-15-21-19-9-3-1-7-17(19)18-8-2-4-10-20(18)21/h1-4,7-12,14,21,27H,13,15H2,(H,26,28). The molecule has 0 bridgehead atoms. The molecule has 0 unspecified atom stereocenters. The van der Waals surface area contributed by atoms with Crippen molar-refractivity contribution in [3.05, 3.63) is 89.2 Å². The van der Waals surface area contributed by atoms with E-state index >= 15 is 0 Å². The summed E-state index contributed by atoms with van der Waals surface area (Å²) in [6.45, 7) is 0.301. The summed E-state index contributed by atoms with van der Waals surface area (Å²) in [7, 11) is 0. The molecule has 1 aliphatic carbocycles. The van der Waals surface area contributed by atoms with E-state index in [1.165, 1.54) is 23.3 Å². The number of phenols is 1. The van der Waals surface area contributed by atoms with Gasteiger partial charge < -0.3 is 15.2 Å². The van der Waals surface area contributed by atoms with Gasteiger partial charge >= 0.3 is 6.09 Å². The minimum atomic E-state index is -0.735. The van der Waals surface area contributed by atoms with Gasteiger partial charge in [-0.25, -0.2) is 9.18 Å². The molecule has 144 valence electrons. The first kappa shape index (κ1) is 18.6. The maximum atomic E-state index is 13.3. The van der Waals surface area contributed by atoms with E-state index in [0.29, 0.717) is 5.56 Å². The van der Waals surface area contributed by atoms with Gasteiger partial charge in [-0.1, -0.05) is 60.4 Å². The van der Waals surface area contributed by atoms with Gasteiger partial charge in [0.05, 0.1) is 6.54 Å². The van der Waals surface area contributed by atoms with Gasteiger partial charge in [0, 0.05) is 11.5 Å². The van der Waals surface area contributed by atoms with Crippen molar-refractivity contribution < 1.29 is 19.0 Å². The number of ether oxygens (including phenoxy) is 1. The summed E-state index contributed by atoms with van der Waals surface area (Å²) in [4.78, 5) is 12.0. The Hall–Kier alpha value is -3.78. The van der Waals surface area contributed by atoms with E-state index in [-0.39, 0.29) is 19.1 Å². The molecular formula is C24H18FNO3. The summed E-state index contributed by atoms with van der Waals surface area (Å²) < 4.78 is 18.7. The van der Waals surface area contributed by atoms with Gasteiger partial charge in [-0.2, -0.15) is 0 Å². The van der Waals surface area contributed by atoms with Crippen LogP contribution in [0.25, 0.3) is 11.1 Å². The Kier molecular flexibility index (Phi) is 5.17. The molecule has 0 radical (unpaired) electrons. The van der Waals surface area contributed by atoms with Crippen molar-refractivity contribution in [3.8, 4) is 28.7 Å². The molecule has 0 heterocycles. The normalized spacial score (nSPS) is 11.8. The van der Waals surface area contributed by atoms with Crippen LogP contribution in [-0.4, -0.2) is 24.4 Å². The fourth-order valence-corrected chi connectivity index (χ4v) is 3.50. The Labute approximate surface area is 168 Å². The van der Waals surface area contributed by atoms with Crippen LogP contribution in [0.1, 0.15) is 22.6 Å². The molecule has 0 aromatic heterocycles. The smallest absolute Gasteiger partial charge is 0.407 e. The molecule has 1 amide bonds. The van der Waals surface area contributed by atoms with Crippen molar-refractivity contribution in [3.63, 3.8) is 0 Å². The molecule has 3 aromatic rings. The predicted molar refractivity (Wildman–Crippen MR) is 108 cm³/mol. The molecule has 0 saturated heterocycles. The first-order valence-corrected chi connectivity index (χ1v) is 9.19. The fourth-order valence-electron chi connectivity index (χ4n) is 3.50. The summed E-state index contributed by atoms with van der Waals surface area (Å²) in [6, 6.07) is 20.1. The van der Waals surface area contributed by atoms with Crippen molar-refractivity contribution >= 4 is 6.09 Å². The minimum Gasteiger partial charge on any atom is -0.505 e. The van der Waals surface area contributed by atoms with Gasteiger partial charge in [-0.05, 0) is 40.5 Å². The van der Waals surface area contributed by atoms with Crippen molar-refractivity contribution in [2.24, 2.45) is 0 Å². The van der Waals surface area contributed by atoms with Crippen LogP contribution in [0, 0.1) is 17.7 Å². The van der Waals surface area contributed by atoms with Crippen LogP contribution < -0.4 is 5.32 Å². The number of hydrogen-bond acceptors (Lipinski definition) is 3. The summed E-state index contributed by atoms with van der Waals surface area (Å²) in [5.74, 6) is 4.29. The third kappa shape index (κ3) is 3.92. The topological polar surface area (TPSA) is 58.6 Å². The summed E-state index contributed by atoms with van der Waals surface area (Å²) in [5.41, 5.74) is 5.05. The Morgan fingerprint density at radius 3 is 2.34 bits per heavy atom. The lowest BCUT2D eigenvalue weighted by molar-refractivity contribution is 0.144. The van der Waals surface area contributed by atoms with E-state index in [9.17, 15) is 9.18 Å². The summed E-state index contributed by atoms with van der Waals surface area (Å²) >= 11 is 0. The zero-order chi connectivity index (χ0) is 20.2. The molecule has 0 atom stereocenters. The number of nitrogens with one attached hydrogen (secondary N) is 1. The van der Waals surface area contributed by atoms with Gasteiger partial charge in [-0.3, -0.25) is 0 Å². The number of phenolic OH excluding ortho intramolecular Hbond substituents is 1. The van der Waals surface area contributed by atoms with E-state index in [4.69, 9.17) is 9.84 Å². The summed E-state index contributed by atoms with van der Waals surface area (Å²) in [6.07, 6.45) is -0.557. The number of carbonyl (C=O) groups excluding carboxylic acids is 1. The number of amides is 1. The first-order valence-electron chi connectivity index (χ1n) is 9.19. The minimum absolute atomic E-state index is 0.000735. The molecule has 0 fully saturated rings. The van der Waals surface area contributed by atoms with Gasteiger partial charge in [0.2, 0.25) is 0 Å². The molecule has 2 N–H and O–H groups in total. The highest BCUT2D eigenvalue weighted by molar-refractivity contribution is 5.79. The molecule has 0 aliphatic heterocycles. The number of benzene rings is 3. The van der Waals surface area contributed by atoms with Gasteiger partial charge in [0.1, 0.15) is 6.61 Å². The van der Waals surface area contributed by atoms with Crippen LogP contribution in [0.2, 0.25) is 0 Å². The third-order valence-electron chi connectivity index (χ3n) is 4.85. The molecule has 4 rings (SSSR count). The Balaban J connectivity index is 1.35. The Morgan fingerprint density at radius 1 is 1.03 bits per heavy atom. The lowest BCUT2D eigenvalue weighted by atomic mass is 9.98. The van der Waals surface area contributed by atoms with Crippen LogP contribution in [0.15, 0.2) is 66.7 Å². The molecular weight excluding hydrogens is 369 g/mol. The van der Waals surface area contributed by atoms with Crippen molar-refractivity contribution in [2.75, 3.05) is 13.2 Å². The quantitative estimate of drug-likeness (QED) is 0.654. The molecule has 3 aromatic carbocycles. The van der Waals surface area contributed by atoms with Crippen LogP contribution in [-0.2, 0) is 4.74 Å². The maximum absolute atomic E-state index is 13.3. The number of rotatable bonds is 3. The summed E-state index contributed by atoms with van der Waals surface area (Å²) in [5, 5.41) is 11.7. The highest BCUT2D eigenvalue weighted by atomic mass is 19.1. The molecule has 29 heavy (non-hydrogen) atoms.